The molecule has 0 saturated heterocycles. The van der Waals surface area contributed by atoms with Crippen LogP contribution in [0.2, 0.25) is 0 Å². The van der Waals surface area contributed by atoms with Gasteiger partial charge in [0.15, 0.2) is 0 Å². The number of hydrogen-bond donors (Lipinski definition) is 1. The lowest BCUT2D eigenvalue weighted by atomic mass is 9.44. The topological polar surface area (TPSA) is 24.9 Å². The van der Waals surface area contributed by atoms with Crippen molar-refractivity contribution in [2.45, 2.75) is 83.6 Å². The Morgan fingerprint density at radius 2 is 1.71 bits per heavy atom. The van der Waals surface area contributed by atoms with Crippen molar-refractivity contribution in [1.29, 1.82) is 0 Å². The largest absolute Gasteiger partial charge is 0.317 e. The monoisotopic (exact) mass is 416 g/mol. The third kappa shape index (κ3) is 2.96. The lowest BCUT2D eigenvalue weighted by Crippen LogP contribution is -2.54. The number of nitrogens with one attached hydrogen (secondary N) is 1. The van der Waals surface area contributed by atoms with Gasteiger partial charge in [-0.1, -0.05) is 26.0 Å². The molecule has 4 fully saturated rings. The average molecular weight is 417 g/mol. The van der Waals surface area contributed by atoms with Crippen LogP contribution in [-0.4, -0.2) is 18.1 Å². The molecule has 2 aromatic rings. The summed E-state index contributed by atoms with van der Waals surface area (Å²) in [6.07, 6.45) is 17.0. The number of nitrogens with zero attached hydrogens (tertiary/aromatic N) is 1. The molecule has 4 aliphatic rings. The van der Waals surface area contributed by atoms with E-state index in [-0.39, 0.29) is 0 Å². The van der Waals surface area contributed by atoms with E-state index < -0.39 is 0 Å². The second-order valence-corrected chi connectivity index (χ2v) is 12.1. The van der Waals surface area contributed by atoms with Gasteiger partial charge in [-0.2, -0.15) is 0 Å². The lowest BCUT2D eigenvalue weighted by molar-refractivity contribution is -0.109. The normalized spacial score (nSPS) is 44.5. The molecule has 0 spiro atoms. The predicted octanol–water partition coefficient (Wildman–Crippen LogP) is 6.95. The van der Waals surface area contributed by atoms with E-state index in [1.165, 1.54) is 68.6 Å². The molecule has 1 aromatic carbocycles. The van der Waals surface area contributed by atoms with Crippen molar-refractivity contribution in [2.75, 3.05) is 7.05 Å². The van der Waals surface area contributed by atoms with Gasteiger partial charge in [0, 0.05) is 23.8 Å². The van der Waals surface area contributed by atoms with Gasteiger partial charge in [-0.05, 0) is 128 Å². The van der Waals surface area contributed by atoms with Gasteiger partial charge in [0.2, 0.25) is 0 Å². The van der Waals surface area contributed by atoms with E-state index in [9.17, 15) is 0 Å². The average Bonchev–Trinajstić information content (AvgIpc) is 3.15. The Morgan fingerprint density at radius 1 is 0.871 bits per heavy atom. The van der Waals surface area contributed by atoms with Gasteiger partial charge in [-0.15, -0.1) is 0 Å². The van der Waals surface area contributed by atoms with E-state index in [1.807, 2.05) is 12.4 Å². The predicted molar refractivity (Wildman–Crippen MR) is 129 cm³/mol. The fraction of sp³-hybridized carbons (Fsp3) is 0.690. The minimum absolute atomic E-state index is 0.489. The highest BCUT2D eigenvalue weighted by Gasteiger charge is 2.60. The van der Waals surface area contributed by atoms with Crippen molar-refractivity contribution in [2.24, 2.45) is 34.5 Å². The Morgan fingerprint density at radius 3 is 2.58 bits per heavy atom. The molecule has 6 rings (SSSR count). The molecule has 3 unspecified atom stereocenters. The molecule has 2 heteroatoms. The van der Waals surface area contributed by atoms with Gasteiger partial charge in [0.1, 0.15) is 0 Å². The maximum Gasteiger partial charge on any atom is 0.0346 e. The molecule has 0 aliphatic heterocycles. The zero-order valence-electron chi connectivity index (χ0n) is 19.7. The van der Waals surface area contributed by atoms with Crippen molar-refractivity contribution in [1.82, 2.24) is 10.3 Å². The first-order valence-electron chi connectivity index (χ1n) is 13.0. The number of benzene rings is 1. The van der Waals surface area contributed by atoms with E-state index >= 15 is 0 Å². The molecule has 31 heavy (non-hydrogen) atoms. The summed E-state index contributed by atoms with van der Waals surface area (Å²) in [6, 6.07) is 10.1. The van der Waals surface area contributed by atoms with Crippen LogP contribution in [0.25, 0.3) is 10.8 Å². The van der Waals surface area contributed by atoms with Crippen molar-refractivity contribution in [3.63, 3.8) is 0 Å². The van der Waals surface area contributed by atoms with Crippen LogP contribution in [0, 0.1) is 34.5 Å². The standard InChI is InChI=1S/C29H40N2/c1-28-13-10-23(30-3)17-22(28)6-7-24-26-9-8-25(29(26,2)14-11-27(24)28)20-5-4-19-12-15-31-18-21(19)16-20/h4-5,12,15-16,18,22-27,30H,6-11,13-14,17H2,1-3H3/t22?,23-,24-,25?,26-,27?,28-,29+/m0/s1. The summed E-state index contributed by atoms with van der Waals surface area (Å²) < 4.78 is 0. The molecular formula is C29H40N2. The van der Waals surface area contributed by atoms with Crippen molar-refractivity contribution in [3.05, 3.63) is 42.2 Å². The summed E-state index contributed by atoms with van der Waals surface area (Å²) in [5.74, 6) is 4.56. The highest BCUT2D eigenvalue weighted by atomic mass is 14.9. The molecule has 0 radical (unpaired) electrons. The van der Waals surface area contributed by atoms with E-state index in [4.69, 9.17) is 0 Å². The third-order valence-corrected chi connectivity index (χ3v) is 11.1. The van der Waals surface area contributed by atoms with E-state index in [0.717, 1.165) is 35.6 Å². The minimum atomic E-state index is 0.489. The maximum atomic E-state index is 4.39. The number of hydrogen-bond acceptors (Lipinski definition) is 2. The molecule has 1 N–H and O–H groups in total. The maximum absolute atomic E-state index is 4.39. The zero-order valence-corrected chi connectivity index (χ0v) is 19.7. The number of pyridine rings is 1. The summed E-state index contributed by atoms with van der Waals surface area (Å²) in [5.41, 5.74) is 2.67. The molecule has 1 aromatic heterocycles. The first-order chi connectivity index (χ1) is 15.0. The zero-order chi connectivity index (χ0) is 21.2. The molecule has 8 atom stereocenters. The Bertz CT molecular complexity index is 968. The number of fused-ring (bicyclic) bond motifs is 6. The van der Waals surface area contributed by atoms with Gasteiger partial charge in [0.25, 0.3) is 0 Å². The van der Waals surface area contributed by atoms with Crippen LogP contribution in [-0.2, 0) is 0 Å². The Hall–Kier alpha value is -1.41. The van der Waals surface area contributed by atoms with Crippen LogP contribution < -0.4 is 5.32 Å². The van der Waals surface area contributed by atoms with Gasteiger partial charge >= 0.3 is 0 Å². The first kappa shape index (κ1) is 20.2. The molecule has 0 bridgehead atoms. The second kappa shape index (κ2) is 7.30. The molecule has 1 heterocycles. The highest BCUT2D eigenvalue weighted by Crippen LogP contribution is 2.69. The number of rotatable bonds is 2. The summed E-state index contributed by atoms with van der Waals surface area (Å²) in [5, 5.41) is 6.24. The van der Waals surface area contributed by atoms with Crippen LogP contribution in [0.3, 0.4) is 0 Å². The number of aromatic nitrogens is 1. The quantitative estimate of drug-likeness (QED) is 0.573. The third-order valence-electron chi connectivity index (χ3n) is 11.1. The molecule has 166 valence electrons. The Balaban J connectivity index is 1.28. The van der Waals surface area contributed by atoms with Crippen LogP contribution in [0.5, 0.6) is 0 Å². The molecule has 4 aliphatic carbocycles. The smallest absolute Gasteiger partial charge is 0.0346 e. The second-order valence-electron chi connectivity index (χ2n) is 12.1. The molecule has 4 saturated carbocycles. The van der Waals surface area contributed by atoms with Gasteiger partial charge in [0.05, 0.1) is 0 Å². The van der Waals surface area contributed by atoms with Gasteiger partial charge < -0.3 is 5.32 Å². The molecule has 0 amide bonds. The van der Waals surface area contributed by atoms with Crippen molar-refractivity contribution < 1.29 is 0 Å². The van der Waals surface area contributed by atoms with E-state index in [0.29, 0.717) is 10.8 Å². The Labute approximate surface area is 188 Å². The molecule has 2 nitrogen and oxygen atoms in total. The summed E-state index contributed by atoms with van der Waals surface area (Å²) in [6.45, 7) is 5.37. The van der Waals surface area contributed by atoms with Crippen LogP contribution in [0.1, 0.15) is 83.1 Å². The summed E-state index contributed by atoms with van der Waals surface area (Å²) in [4.78, 5) is 4.39. The SMILES string of the molecule is CN[C@H]1CC[C@@]2(C)C(CC[C@@H]3C2CC[C@]2(C)C(c4ccc5ccncc5c4)CC[C@@H]32)C1. The summed E-state index contributed by atoms with van der Waals surface area (Å²) in [7, 11) is 2.17. The first-order valence-corrected chi connectivity index (χ1v) is 13.0. The van der Waals surface area contributed by atoms with Gasteiger partial charge in [-0.3, -0.25) is 4.98 Å². The Kier molecular flexibility index (Phi) is 4.76. The minimum Gasteiger partial charge on any atom is -0.317 e. The van der Waals surface area contributed by atoms with Crippen LogP contribution in [0.4, 0.5) is 0 Å². The summed E-state index contributed by atoms with van der Waals surface area (Å²) >= 11 is 0. The fourth-order valence-electron chi connectivity index (χ4n) is 9.39. The van der Waals surface area contributed by atoms with Crippen LogP contribution in [0.15, 0.2) is 36.7 Å². The van der Waals surface area contributed by atoms with Gasteiger partial charge in [-0.25, -0.2) is 0 Å². The highest BCUT2D eigenvalue weighted by molar-refractivity contribution is 5.82. The van der Waals surface area contributed by atoms with Crippen molar-refractivity contribution in [3.8, 4) is 0 Å². The lowest BCUT2D eigenvalue weighted by Gasteiger charge is -2.61. The fourth-order valence-corrected chi connectivity index (χ4v) is 9.39. The van der Waals surface area contributed by atoms with E-state index in [1.54, 1.807) is 5.56 Å². The van der Waals surface area contributed by atoms with E-state index in [2.05, 4.69) is 55.5 Å². The van der Waals surface area contributed by atoms with Crippen LogP contribution >= 0.6 is 0 Å². The molecular weight excluding hydrogens is 376 g/mol. The van der Waals surface area contributed by atoms with Crippen molar-refractivity contribution >= 4 is 10.8 Å².